The van der Waals surface area contributed by atoms with E-state index < -0.39 is 0 Å². The first kappa shape index (κ1) is 10.0. The van der Waals surface area contributed by atoms with Gasteiger partial charge in [-0.15, -0.1) is 23.5 Å². The summed E-state index contributed by atoms with van der Waals surface area (Å²) in [4.78, 5) is 8.44. The summed E-state index contributed by atoms with van der Waals surface area (Å²) in [5.41, 5.74) is 0. The molecular weight excluding hydrogens is 210 g/mol. The summed E-state index contributed by atoms with van der Waals surface area (Å²) in [6.45, 7) is 1.87. The van der Waals surface area contributed by atoms with Crippen LogP contribution in [0.4, 0.5) is 5.13 Å². The summed E-state index contributed by atoms with van der Waals surface area (Å²) < 4.78 is 5.06. The number of hydrogen-bond donors (Lipinski definition) is 0. The molecule has 0 radical (unpaired) electrons. The zero-order valence-electron chi connectivity index (χ0n) is 7.07. The minimum Gasteiger partial charge on any atom is -0.204 e. The van der Waals surface area contributed by atoms with Gasteiger partial charge in [-0.05, 0) is 19.4 Å². The summed E-state index contributed by atoms with van der Waals surface area (Å²) in [5.74, 6) is 0.792. The van der Waals surface area contributed by atoms with E-state index in [2.05, 4.69) is 14.3 Å². The highest BCUT2D eigenvalue weighted by Gasteiger charge is 1.99. The van der Waals surface area contributed by atoms with E-state index in [1.165, 1.54) is 11.5 Å². The van der Waals surface area contributed by atoms with E-state index in [4.69, 9.17) is 0 Å². The van der Waals surface area contributed by atoms with Gasteiger partial charge in [-0.3, -0.25) is 0 Å². The smallest absolute Gasteiger partial charge is 0.204 e. The number of nitrogens with zero attached hydrogens (tertiary/aromatic N) is 3. The Hall–Kier alpha value is -0.0700. The van der Waals surface area contributed by atoms with E-state index in [0.29, 0.717) is 0 Å². The fourth-order valence-corrected chi connectivity index (χ4v) is 2.28. The van der Waals surface area contributed by atoms with Crippen LogP contribution in [0.3, 0.4) is 0 Å². The van der Waals surface area contributed by atoms with Gasteiger partial charge in [-0.25, -0.2) is 9.98 Å². The Bertz CT molecular complexity index is 275. The summed E-state index contributed by atoms with van der Waals surface area (Å²) in [6, 6.07) is 0. The van der Waals surface area contributed by atoms with Gasteiger partial charge < -0.3 is 0 Å². The summed E-state index contributed by atoms with van der Waals surface area (Å²) in [5, 5.41) is 0.742. The van der Waals surface area contributed by atoms with Crippen molar-refractivity contribution in [2.45, 2.75) is 6.92 Å². The van der Waals surface area contributed by atoms with E-state index in [1.807, 2.05) is 19.4 Å². The molecule has 0 fully saturated rings. The number of aryl methyl sites for hydroxylation is 1. The largest absolute Gasteiger partial charge is 0.230 e. The van der Waals surface area contributed by atoms with Crippen molar-refractivity contribution < 1.29 is 0 Å². The number of rotatable bonds is 1. The van der Waals surface area contributed by atoms with Crippen LogP contribution in [0.2, 0.25) is 0 Å². The molecule has 0 unspecified atom stereocenters. The lowest BCUT2D eigenvalue weighted by atomic mass is 10.8. The third-order valence-electron chi connectivity index (χ3n) is 1.05. The van der Waals surface area contributed by atoms with Gasteiger partial charge in [0.05, 0.1) is 0 Å². The van der Waals surface area contributed by atoms with E-state index in [9.17, 15) is 0 Å². The van der Waals surface area contributed by atoms with Gasteiger partial charge in [0, 0.05) is 11.5 Å². The van der Waals surface area contributed by atoms with Crippen LogP contribution in [0.5, 0.6) is 0 Å². The lowest BCUT2D eigenvalue weighted by Gasteiger charge is -1.93. The van der Waals surface area contributed by atoms with Gasteiger partial charge in [-0.1, -0.05) is 0 Å². The molecule has 0 aliphatic heterocycles. The normalized spacial score (nSPS) is 9.92. The predicted molar refractivity (Wildman–Crippen MR) is 58.8 cm³/mol. The highest BCUT2D eigenvalue weighted by molar-refractivity contribution is 8.38. The highest BCUT2D eigenvalue weighted by Crippen LogP contribution is 2.20. The summed E-state index contributed by atoms with van der Waals surface area (Å²) in [6.07, 6.45) is 4.01. The molecule has 0 bridgehead atoms. The zero-order valence-corrected chi connectivity index (χ0v) is 9.52. The first-order valence-corrected chi connectivity index (χ1v) is 6.45. The maximum Gasteiger partial charge on any atom is 0.230 e. The van der Waals surface area contributed by atoms with Gasteiger partial charge in [0.25, 0.3) is 0 Å². The SMILES string of the molecule is CSC(=Nc1nc(C)ns1)SC. The Kier molecular flexibility index (Phi) is 4.03. The molecule has 0 saturated heterocycles. The van der Waals surface area contributed by atoms with Crippen LogP contribution >= 0.6 is 35.1 Å². The molecule has 1 rings (SSSR count). The van der Waals surface area contributed by atoms with E-state index in [-0.39, 0.29) is 0 Å². The summed E-state index contributed by atoms with van der Waals surface area (Å²) >= 11 is 4.59. The quantitative estimate of drug-likeness (QED) is 0.537. The lowest BCUT2D eigenvalue weighted by Crippen LogP contribution is -1.79. The average molecular weight is 219 g/mol. The first-order chi connectivity index (χ1) is 5.76. The minimum absolute atomic E-state index is 0.742. The molecule has 0 aliphatic rings. The fourth-order valence-electron chi connectivity index (χ4n) is 0.584. The van der Waals surface area contributed by atoms with Crippen molar-refractivity contribution in [2.75, 3.05) is 12.5 Å². The van der Waals surface area contributed by atoms with Gasteiger partial charge in [0.15, 0.2) is 0 Å². The second kappa shape index (κ2) is 4.84. The van der Waals surface area contributed by atoms with Crippen LogP contribution in [-0.2, 0) is 0 Å². The highest BCUT2D eigenvalue weighted by atomic mass is 32.2. The van der Waals surface area contributed by atoms with Gasteiger partial charge in [0.1, 0.15) is 10.2 Å². The Morgan fingerprint density at radius 3 is 2.50 bits per heavy atom. The van der Waals surface area contributed by atoms with Crippen LogP contribution < -0.4 is 0 Å². The number of hydrogen-bond acceptors (Lipinski definition) is 6. The number of aromatic nitrogens is 2. The Balaban J connectivity index is 2.78. The molecule has 0 atom stereocenters. The van der Waals surface area contributed by atoms with Gasteiger partial charge >= 0.3 is 0 Å². The Morgan fingerprint density at radius 1 is 1.42 bits per heavy atom. The van der Waals surface area contributed by atoms with Crippen molar-refractivity contribution in [3.63, 3.8) is 0 Å². The maximum absolute atomic E-state index is 4.30. The van der Waals surface area contributed by atoms with Crippen LogP contribution in [-0.4, -0.2) is 26.2 Å². The molecule has 0 aliphatic carbocycles. The van der Waals surface area contributed by atoms with E-state index >= 15 is 0 Å². The summed E-state index contributed by atoms with van der Waals surface area (Å²) in [7, 11) is 0. The third kappa shape index (κ3) is 2.76. The van der Waals surface area contributed by atoms with Gasteiger partial charge in [-0.2, -0.15) is 4.37 Å². The second-order valence-corrected chi connectivity index (χ2v) is 4.49. The molecule has 0 aromatic carbocycles. The molecule has 0 spiro atoms. The molecule has 0 N–H and O–H groups in total. The average Bonchev–Trinajstić information content (AvgIpc) is 2.47. The second-order valence-electron chi connectivity index (χ2n) is 1.91. The molecule has 3 nitrogen and oxygen atoms in total. The maximum atomic E-state index is 4.30. The van der Waals surface area contributed by atoms with Crippen LogP contribution in [0.15, 0.2) is 4.99 Å². The molecule has 1 aromatic heterocycles. The first-order valence-electron chi connectivity index (χ1n) is 3.23. The topological polar surface area (TPSA) is 38.1 Å². The van der Waals surface area contributed by atoms with Crippen LogP contribution in [0, 0.1) is 6.92 Å². The minimum atomic E-state index is 0.742. The van der Waals surface area contributed by atoms with Crippen molar-refractivity contribution in [1.29, 1.82) is 0 Å². The molecule has 6 heteroatoms. The number of thioether (sulfide) groups is 2. The predicted octanol–water partition coefficient (Wildman–Crippen LogP) is 2.56. The standard InChI is InChI=1S/C6H9N3S3/c1-4-7-5(12-9-4)8-6(10-2)11-3/h1-3H3. The van der Waals surface area contributed by atoms with Crippen molar-refractivity contribution in [2.24, 2.45) is 4.99 Å². The van der Waals surface area contributed by atoms with Crippen molar-refractivity contribution in [3.8, 4) is 0 Å². The van der Waals surface area contributed by atoms with Crippen LogP contribution in [0.1, 0.15) is 5.82 Å². The molecule has 1 heterocycles. The molecule has 12 heavy (non-hydrogen) atoms. The monoisotopic (exact) mass is 219 g/mol. The third-order valence-corrected chi connectivity index (χ3v) is 3.64. The lowest BCUT2D eigenvalue weighted by molar-refractivity contribution is 1.16. The van der Waals surface area contributed by atoms with Crippen molar-refractivity contribution in [1.82, 2.24) is 9.36 Å². The molecule has 0 amide bonds. The van der Waals surface area contributed by atoms with E-state index in [0.717, 1.165) is 15.3 Å². The zero-order chi connectivity index (χ0) is 8.97. The molecule has 1 aromatic rings. The van der Waals surface area contributed by atoms with Crippen molar-refractivity contribution in [3.05, 3.63) is 5.82 Å². The fraction of sp³-hybridized carbons (Fsp3) is 0.500. The van der Waals surface area contributed by atoms with Gasteiger partial charge in [0.2, 0.25) is 5.13 Å². The van der Waals surface area contributed by atoms with Crippen LogP contribution in [0.25, 0.3) is 0 Å². The van der Waals surface area contributed by atoms with E-state index in [1.54, 1.807) is 23.5 Å². The Morgan fingerprint density at radius 2 is 2.08 bits per heavy atom. The number of aliphatic imine (C=N–C) groups is 1. The molecular formula is C6H9N3S3. The molecule has 0 saturated carbocycles. The van der Waals surface area contributed by atoms with Crippen molar-refractivity contribution >= 4 is 44.6 Å². The Labute approximate surface area is 84.3 Å². The molecule has 66 valence electrons.